The van der Waals surface area contributed by atoms with Crippen molar-refractivity contribution in [2.24, 2.45) is 0 Å². The van der Waals surface area contributed by atoms with Crippen LogP contribution in [0.2, 0.25) is 0 Å². The molecule has 1 heterocycles. The molecule has 2 N–H and O–H groups in total. The van der Waals surface area contributed by atoms with Crippen LogP contribution in [-0.4, -0.2) is 28.8 Å². The van der Waals surface area contributed by atoms with Crippen molar-refractivity contribution in [2.75, 3.05) is 11.9 Å². The van der Waals surface area contributed by atoms with Crippen molar-refractivity contribution in [3.05, 3.63) is 24.0 Å². The van der Waals surface area contributed by atoms with Crippen molar-refractivity contribution in [3.8, 4) is 0 Å². The third-order valence-electron chi connectivity index (χ3n) is 1.95. The Morgan fingerprint density at radius 3 is 2.76 bits per heavy atom. The number of nitrogens with zero attached hydrogens (tertiary/aromatic N) is 1. The summed E-state index contributed by atoms with van der Waals surface area (Å²) in [5, 5.41) is 11.4. The average Bonchev–Trinajstić information content (AvgIpc) is 2.23. The minimum absolute atomic E-state index is 0.0613. The van der Waals surface area contributed by atoms with Gasteiger partial charge in [-0.2, -0.15) is 13.2 Å². The van der Waals surface area contributed by atoms with E-state index in [0.717, 1.165) is 0 Å². The highest BCUT2D eigenvalue weighted by Gasteiger charge is 2.25. The number of alkyl halides is 3. The maximum atomic E-state index is 11.8. The Labute approximate surface area is 95.5 Å². The molecule has 0 aliphatic heterocycles. The Bertz CT molecular complexity index is 393. The van der Waals surface area contributed by atoms with Crippen LogP contribution in [0, 0.1) is 0 Å². The van der Waals surface area contributed by atoms with Gasteiger partial charge in [-0.3, -0.25) is 0 Å². The SMILES string of the molecule is O=C(O)c1cc(NCCCC(F)(F)F)ccn1. The van der Waals surface area contributed by atoms with Crippen molar-refractivity contribution in [3.63, 3.8) is 0 Å². The monoisotopic (exact) mass is 248 g/mol. The number of carboxylic acid groups (broad SMARTS) is 1. The van der Waals surface area contributed by atoms with Gasteiger partial charge in [0.15, 0.2) is 0 Å². The molecule has 94 valence electrons. The lowest BCUT2D eigenvalue weighted by atomic mass is 10.2. The van der Waals surface area contributed by atoms with E-state index in [2.05, 4.69) is 10.3 Å². The van der Waals surface area contributed by atoms with E-state index in [1.165, 1.54) is 18.3 Å². The minimum Gasteiger partial charge on any atom is -0.477 e. The molecule has 0 aromatic carbocycles. The lowest BCUT2D eigenvalue weighted by Crippen LogP contribution is -2.11. The molecule has 7 heteroatoms. The predicted molar refractivity (Wildman–Crippen MR) is 55.0 cm³/mol. The van der Waals surface area contributed by atoms with Crippen LogP contribution >= 0.6 is 0 Å². The van der Waals surface area contributed by atoms with Gasteiger partial charge in [0.05, 0.1) is 0 Å². The largest absolute Gasteiger partial charge is 0.477 e. The lowest BCUT2D eigenvalue weighted by molar-refractivity contribution is -0.134. The van der Waals surface area contributed by atoms with Gasteiger partial charge in [0.1, 0.15) is 5.69 Å². The zero-order chi connectivity index (χ0) is 12.9. The first kappa shape index (κ1) is 13.3. The second-order valence-corrected chi connectivity index (χ2v) is 3.38. The highest BCUT2D eigenvalue weighted by Crippen LogP contribution is 2.21. The zero-order valence-corrected chi connectivity index (χ0v) is 8.79. The van der Waals surface area contributed by atoms with Crippen LogP contribution in [0.1, 0.15) is 23.3 Å². The van der Waals surface area contributed by atoms with Crippen LogP contribution < -0.4 is 5.32 Å². The average molecular weight is 248 g/mol. The Hall–Kier alpha value is -1.79. The number of rotatable bonds is 5. The predicted octanol–water partition coefficient (Wildman–Crippen LogP) is 2.53. The summed E-state index contributed by atoms with van der Waals surface area (Å²) in [6.07, 6.45) is -3.80. The van der Waals surface area contributed by atoms with E-state index >= 15 is 0 Å². The fourth-order valence-corrected chi connectivity index (χ4v) is 1.18. The number of pyridine rings is 1. The van der Waals surface area contributed by atoms with Gasteiger partial charge in [-0.05, 0) is 18.6 Å². The highest BCUT2D eigenvalue weighted by atomic mass is 19.4. The molecule has 4 nitrogen and oxygen atoms in total. The minimum atomic E-state index is -4.16. The van der Waals surface area contributed by atoms with Crippen molar-refractivity contribution < 1.29 is 23.1 Å². The molecular weight excluding hydrogens is 237 g/mol. The van der Waals surface area contributed by atoms with E-state index < -0.39 is 18.6 Å². The smallest absolute Gasteiger partial charge is 0.389 e. The van der Waals surface area contributed by atoms with Gasteiger partial charge < -0.3 is 10.4 Å². The summed E-state index contributed by atoms with van der Waals surface area (Å²) in [5.41, 5.74) is 0.297. The first-order valence-corrected chi connectivity index (χ1v) is 4.88. The molecule has 0 spiro atoms. The number of carboxylic acids is 1. The van der Waals surface area contributed by atoms with Gasteiger partial charge in [0.2, 0.25) is 0 Å². The van der Waals surface area contributed by atoms with Gasteiger partial charge in [-0.15, -0.1) is 0 Å². The Morgan fingerprint density at radius 1 is 1.47 bits per heavy atom. The van der Waals surface area contributed by atoms with Crippen molar-refractivity contribution in [1.82, 2.24) is 4.98 Å². The van der Waals surface area contributed by atoms with Crippen LogP contribution in [-0.2, 0) is 0 Å². The normalized spacial score (nSPS) is 11.2. The summed E-state index contributed by atoms with van der Waals surface area (Å²) in [6, 6.07) is 2.77. The summed E-state index contributed by atoms with van der Waals surface area (Å²) in [7, 11) is 0. The van der Waals surface area contributed by atoms with E-state index in [4.69, 9.17) is 5.11 Å². The molecule has 0 aliphatic rings. The van der Waals surface area contributed by atoms with Crippen molar-refractivity contribution in [1.29, 1.82) is 0 Å². The number of aromatic nitrogens is 1. The molecule has 1 aromatic rings. The van der Waals surface area contributed by atoms with E-state index in [0.29, 0.717) is 5.69 Å². The topological polar surface area (TPSA) is 62.2 Å². The Balaban J connectivity index is 2.42. The van der Waals surface area contributed by atoms with Gasteiger partial charge in [-0.1, -0.05) is 0 Å². The molecular formula is C10H11F3N2O2. The molecule has 1 aromatic heterocycles. The fourth-order valence-electron chi connectivity index (χ4n) is 1.18. The van der Waals surface area contributed by atoms with Gasteiger partial charge in [0, 0.05) is 24.8 Å². The van der Waals surface area contributed by atoms with Gasteiger partial charge in [0.25, 0.3) is 0 Å². The molecule has 0 aliphatic carbocycles. The first-order valence-electron chi connectivity index (χ1n) is 4.88. The number of anilines is 1. The zero-order valence-electron chi connectivity index (χ0n) is 8.79. The van der Waals surface area contributed by atoms with Crippen molar-refractivity contribution in [2.45, 2.75) is 19.0 Å². The van der Waals surface area contributed by atoms with Crippen LogP contribution in [0.25, 0.3) is 0 Å². The summed E-state index contributed by atoms with van der Waals surface area (Å²) in [4.78, 5) is 14.2. The van der Waals surface area contributed by atoms with Crippen LogP contribution in [0.5, 0.6) is 0 Å². The Morgan fingerprint density at radius 2 is 2.18 bits per heavy atom. The maximum Gasteiger partial charge on any atom is 0.389 e. The molecule has 0 unspecified atom stereocenters. The molecule has 0 fully saturated rings. The van der Waals surface area contributed by atoms with Gasteiger partial charge >= 0.3 is 12.1 Å². The highest BCUT2D eigenvalue weighted by molar-refractivity contribution is 5.86. The maximum absolute atomic E-state index is 11.8. The molecule has 0 saturated heterocycles. The summed E-state index contributed by atoms with van der Waals surface area (Å²) >= 11 is 0. The molecule has 0 radical (unpaired) electrons. The van der Waals surface area contributed by atoms with Crippen LogP contribution in [0.4, 0.5) is 18.9 Å². The standard InChI is InChI=1S/C10H11F3N2O2/c11-10(12,13)3-1-4-14-7-2-5-15-8(6-7)9(16)17/h2,5-6H,1,3-4H2,(H,14,15)(H,16,17). The van der Waals surface area contributed by atoms with E-state index in [1.807, 2.05) is 0 Å². The third-order valence-corrected chi connectivity index (χ3v) is 1.95. The lowest BCUT2D eigenvalue weighted by Gasteiger charge is -2.08. The Kier molecular flexibility index (Phi) is 4.30. The number of aromatic carboxylic acids is 1. The van der Waals surface area contributed by atoms with Crippen LogP contribution in [0.15, 0.2) is 18.3 Å². The second-order valence-electron chi connectivity index (χ2n) is 3.38. The van der Waals surface area contributed by atoms with E-state index in [1.54, 1.807) is 0 Å². The van der Waals surface area contributed by atoms with Crippen molar-refractivity contribution >= 4 is 11.7 Å². The number of hydrogen-bond donors (Lipinski definition) is 2. The fraction of sp³-hybridized carbons (Fsp3) is 0.400. The number of nitrogens with one attached hydrogen (secondary N) is 1. The molecule has 1 rings (SSSR count). The second kappa shape index (κ2) is 5.51. The number of halogens is 3. The first-order chi connectivity index (χ1) is 7.88. The van der Waals surface area contributed by atoms with E-state index in [-0.39, 0.29) is 18.7 Å². The summed E-state index contributed by atoms with van der Waals surface area (Å²) in [5.74, 6) is -1.18. The number of carbonyl (C=O) groups is 1. The third kappa shape index (κ3) is 5.19. The van der Waals surface area contributed by atoms with E-state index in [9.17, 15) is 18.0 Å². The molecule has 0 amide bonds. The van der Waals surface area contributed by atoms with Gasteiger partial charge in [-0.25, -0.2) is 9.78 Å². The molecule has 17 heavy (non-hydrogen) atoms. The number of hydrogen-bond acceptors (Lipinski definition) is 3. The quantitative estimate of drug-likeness (QED) is 0.786. The molecule has 0 atom stereocenters. The summed E-state index contributed by atoms with van der Waals surface area (Å²) in [6.45, 7) is 0.128. The van der Waals surface area contributed by atoms with Crippen LogP contribution in [0.3, 0.4) is 0 Å². The molecule has 0 bridgehead atoms. The molecule has 0 saturated carbocycles. The summed E-state index contributed by atoms with van der Waals surface area (Å²) < 4.78 is 35.5.